The minimum absolute atomic E-state index is 0.0579. The van der Waals surface area contributed by atoms with Gasteiger partial charge in [0.15, 0.2) is 0 Å². The largest absolute Gasteiger partial charge is 0.383 e. The molecule has 1 rings (SSSR count). The van der Waals surface area contributed by atoms with E-state index in [0.29, 0.717) is 12.5 Å². The zero-order chi connectivity index (χ0) is 14.3. The maximum atomic E-state index is 12.3. The number of amides is 1. The van der Waals surface area contributed by atoms with E-state index < -0.39 is 0 Å². The zero-order valence-corrected chi connectivity index (χ0v) is 12.7. The van der Waals surface area contributed by atoms with Crippen LogP contribution >= 0.6 is 0 Å². The predicted octanol–water partition coefficient (Wildman–Crippen LogP) is 2.07. The van der Waals surface area contributed by atoms with E-state index in [0.717, 1.165) is 38.5 Å². The summed E-state index contributed by atoms with van der Waals surface area (Å²) in [6.45, 7) is 4.75. The lowest BCUT2D eigenvalue weighted by molar-refractivity contribution is -0.127. The van der Waals surface area contributed by atoms with E-state index in [1.54, 1.807) is 7.11 Å². The molecule has 19 heavy (non-hydrogen) atoms. The fourth-order valence-electron chi connectivity index (χ4n) is 3.01. The third-order valence-electron chi connectivity index (χ3n) is 4.23. The van der Waals surface area contributed by atoms with E-state index in [-0.39, 0.29) is 23.9 Å². The molecule has 1 aliphatic rings. The van der Waals surface area contributed by atoms with E-state index in [9.17, 15) is 4.79 Å². The third kappa shape index (κ3) is 5.49. The molecule has 4 unspecified atom stereocenters. The summed E-state index contributed by atoms with van der Waals surface area (Å²) in [6, 6.07) is 0.418. The lowest BCUT2D eigenvalue weighted by Crippen LogP contribution is -2.44. The molecule has 0 spiro atoms. The van der Waals surface area contributed by atoms with Crippen LogP contribution in [-0.4, -0.2) is 31.7 Å². The van der Waals surface area contributed by atoms with Crippen molar-refractivity contribution in [3.63, 3.8) is 0 Å². The fraction of sp³-hybridized carbons (Fsp3) is 0.933. The van der Waals surface area contributed by atoms with Gasteiger partial charge in [-0.1, -0.05) is 26.7 Å². The summed E-state index contributed by atoms with van der Waals surface area (Å²) < 4.78 is 5.16. The summed E-state index contributed by atoms with van der Waals surface area (Å²) in [7, 11) is 1.68. The van der Waals surface area contributed by atoms with Crippen LogP contribution < -0.4 is 11.1 Å². The summed E-state index contributed by atoms with van der Waals surface area (Å²) >= 11 is 0. The monoisotopic (exact) mass is 270 g/mol. The molecular weight excluding hydrogens is 240 g/mol. The van der Waals surface area contributed by atoms with Crippen LogP contribution in [0.5, 0.6) is 0 Å². The van der Waals surface area contributed by atoms with Crippen molar-refractivity contribution in [2.24, 2.45) is 17.6 Å². The van der Waals surface area contributed by atoms with Crippen molar-refractivity contribution in [2.75, 3.05) is 13.7 Å². The molecule has 0 radical (unpaired) electrons. The molecule has 0 heterocycles. The maximum Gasteiger partial charge on any atom is 0.223 e. The molecule has 4 atom stereocenters. The Balaban J connectivity index is 2.45. The maximum absolute atomic E-state index is 12.3. The molecule has 4 heteroatoms. The van der Waals surface area contributed by atoms with Gasteiger partial charge in [0.1, 0.15) is 0 Å². The number of ether oxygens (including phenoxy) is 1. The van der Waals surface area contributed by atoms with Crippen molar-refractivity contribution < 1.29 is 9.53 Å². The lowest BCUT2D eigenvalue weighted by atomic mass is 9.78. The minimum Gasteiger partial charge on any atom is -0.383 e. The number of hydrogen-bond donors (Lipinski definition) is 2. The number of rotatable bonds is 7. The Bertz CT molecular complexity index is 265. The predicted molar refractivity (Wildman–Crippen MR) is 77.8 cm³/mol. The number of hydrogen-bond acceptors (Lipinski definition) is 3. The molecule has 1 aliphatic carbocycles. The molecule has 0 aromatic rings. The standard InChI is InChI=1S/C15H30N2O2/c1-4-6-14(10-19-3)17-15(18)11(2)12-7-5-8-13(16)9-12/h11-14H,4-10,16H2,1-3H3,(H,17,18). The summed E-state index contributed by atoms with van der Waals surface area (Å²) in [6.07, 6.45) is 6.39. The van der Waals surface area contributed by atoms with Gasteiger partial charge in [-0.15, -0.1) is 0 Å². The summed E-state index contributed by atoms with van der Waals surface area (Å²) in [4.78, 5) is 12.3. The van der Waals surface area contributed by atoms with E-state index >= 15 is 0 Å². The Morgan fingerprint density at radius 2 is 2.21 bits per heavy atom. The molecule has 112 valence electrons. The molecule has 4 nitrogen and oxygen atoms in total. The van der Waals surface area contributed by atoms with Crippen molar-refractivity contribution >= 4 is 5.91 Å². The van der Waals surface area contributed by atoms with Crippen molar-refractivity contribution in [3.05, 3.63) is 0 Å². The Labute approximate surface area is 117 Å². The highest BCUT2D eigenvalue weighted by Crippen LogP contribution is 2.29. The van der Waals surface area contributed by atoms with Crippen LogP contribution in [0, 0.1) is 11.8 Å². The van der Waals surface area contributed by atoms with Crippen molar-refractivity contribution in [1.29, 1.82) is 0 Å². The highest BCUT2D eigenvalue weighted by molar-refractivity contribution is 5.78. The van der Waals surface area contributed by atoms with Gasteiger partial charge in [-0.2, -0.15) is 0 Å². The number of nitrogens with one attached hydrogen (secondary N) is 1. The van der Waals surface area contributed by atoms with Gasteiger partial charge in [0, 0.05) is 19.1 Å². The first-order chi connectivity index (χ1) is 9.08. The van der Waals surface area contributed by atoms with Crippen LogP contribution in [0.1, 0.15) is 52.4 Å². The molecule has 0 aliphatic heterocycles. The first kappa shape index (κ1) is 16.4. The van der Waals surface area contributed by atoms with Crippen molar-refractivity contribution in [3.8, 4) is 0 Å². The molecule has 0 aromatic heterocycles. The normalized spacial score (nSPS) is 26.7. The smallest absolute Gasteiger partial charge is 0.223 e. The first-order valence-corrected chi connectivity index (χ1v) is 7.63. The lowest BCUT2D eigenvalue weighted by Gasteiger charge is -2.31. The molecule has 1 amide bonds. The molecule has 0 aromatic carbocycles. The van der Waals surface area contributed by atoms with E-state index in [1.165, 1.54) is 0 Å². The van der Waals surface area contributed by atoms with E-state index in [2.05, 4.69) is 12.2 Å². The molecule has 1 fully saturated rings. The quantitative estimate of drug-likeness (QED) is 0.744. The van der Waals surface area contributed by atoms with E-state index in [1.807, 2.05) is 6.92 Å². The van der Waals surface area contributed by atoms with Crippen LogP contribution in [0.25, 0.3) is 0 Å². The van der Waals surface area contributed by atoms with Crippen LogP contribution in [0.4, 0.5) is 0 Å². The van der Waals surface area contributed by atoms with Crippen molar-refractivity contribution in [1.82, 2.24) is 5.32 Å². The van der Waals surface area contributed by atoms with Crippen LogP contribution in [-0.2, 0) is 9.53 Å². The molecule has 1 saturated carbocycles. The first-order valence-electron chi connectivity index (χ1n) is 7.63. The van der Waals surface area contributed by atoms with Gasteiger partial charge in [-0.3, -0.25) is 4.79 Å². The molecular formula is C15H30N2O2. The average molecular weight is 270 g/mol. The Kier molecular flexibility index (Phi) is 7.39. The number of nitrogens with two attached hydrogens (primary N) is 1. The average Bonchev–Trinajstić information content (AvgIpc) is 2.38. The second-order valence-corrected chi connectivity index (χ2v) is 5.92. The van der Waals surface area contributed by atoms with Crippen LogP contribution in [0.15, 0.2) is 0 Å². The molecule has 0 bridgehead atoms. The second-order valence-electron chi connectivity index (χ2n) is 5.92. The van der Waals surface area contributed by atoms with Gasteiger partial charge in [0.05, 0.1) is 12.6 Å². The van der Waals surface area contributed by atoms with Crippen LogP contribution in [0.3, 0.4) is 0 Å². The summed E-state index contributed by atoms with van der Waals surface area (Å²) in [5.41, 5.74) is 6.01. The van der Waals surface area contributed by atoms with Crippen molar-refractivity contribution in [2.45, 2.75) is 64.5 Å². The number of carbonyl (C=O) groups excluding carboxylic acids is 1. The van der Waals surface area contributed by atoms with Crippen LogP contribution in [0.2, 0.25) is 0 Å². The highest BCUT2D eigenvalue weighted by Gasteiger charge is 2.29. The van der Waals surface area contributed by atoms with Gasteiger partial charge in [-0.25, -0.2) is 0 Å². The number of carbonyl (C=O) groups is 1. The second kappa shape index (κ2) is 8.54. The van der Waals surface area contributed by atoms with E-state index in [4.69, 9.17) is 10.5 Å². The van der Waals surface area contributed by atoms with Gasteiger partial charge in [0.2, 0.25) is 5.91 Å². The number of methoxy groups -OCH3 is 1. The van der Waals surface area contributed by atoms with Gasteiger partial charge in [0.25, 0.3) is 0 Å². The Hall–Kier alpha value is -0.610. The zero-order valence-electron chi connectivity index (χ0n) is 12.7. The molecule has 3 N–H and O–H groups in total. The van der Waals surface area contributed by atoms with Gasteiger partial charge >= 0.3 is 0 Å². The molecule has 0 saturated heterocycles. The van der Waals surface area contributed by atoms with Gasteiger partial charge in [-0.05, 0) is 31.6 Å². The summed E-state index contributed by atoms with van der Waals surface area (Å²) in [5, 5.41) is 3.13. The highest BCUT2D eigenvalue weighted by atomic mass is 16.5. The Morgan fingerprint density at radius 1 is 1.47 bits per heavy atom. The topological polar surface area (TPSA) is 64.3 Å². The van der Waals surface area contributed by atoms with Gasteiger partial charge < -0.3 is 15.8 Å². The fourth-order valence-corrected chi connectivity index (χ4v) is 3.01. The third-order valence-corrected chi connectivity index (χ3v) is 4.23. The Morgan fingerprint density at radius 3 is 2.79 bits per heavy atom. The SMILES string of the molecule is CCCC(COC)NC(=O)C(C)C1CCCC(N)C1. The summed E-state index contributed by atoms with van der Waals surface area (Å²) in [5.74, 6) is 0.658. The minimum atomic E-state index is 0.0579.